The van der Waals surface area contributed by atoms with Crippen molar-refractivity contribution in [3.63, 3.8) is 0 Å². The van der Waals surface area contributed by atoms with E-state index >= 15 is 0 Å². The predicted molar refractivity (Wildman–Crippen MR) is 147 cm³/mol. The van der Waals surface area contributed by atoms with Crippen molar-refractivity contribution >= 4 is 17.2 Å². The normalized spacial score (nSPS) is 12.6. The fraction of sp³-hybridized carbons (Fsp3) is 0.233. The molecular weight excluding hydrogens is 468 g/mol. The van der Waals surface area contributed by atoms with E-state index < -0.39 is 12.1 Å². The largest absolute Gasteiger partial charge is 0.497 e. The summed E-state index contributed by atoms with van der Waals surface area (Å²) in [6, 6.07) is 25.2. The van der Waals surface area contributed by atoms with Gasteiger partial charge in [0.05, 0.1) is 19.3 Å². The average Bonchev–Trinajstić information content (AvgIpc) is 3.44. The topological polar surface area (TPSA) is 70.6 Å². The van der Waals surface area contributed by atoms with Crippen LogP contribution < -0.4 is 15.4 Å². The molecule has 0 bridgehead atoms. The van der Waals surface area contributed by atoms with Crippen LogP contribution in [0.5, 0.6) is 5.75 Å². The molecule has 0 aliphatic rings. The number of carbonyl (C=O) groups excluding carboxylic acids is 1. The Bertz CT molecular complexity index is 1260. The number of rotatable bonds is 11. The second kappa shape index (κ2) is 12.5. The summed E-state index contributed by atoms with van der Waals surface area (Å²) in [7, 11) is 1.64. The number of methoxy groups -OCH3 is 1. The van der Waals surface area contributed by atoms with E-state index in [-0.39, 0.29) is 5.91 Å². The molecule has 6 heteroatoms. The number of ether oxygens (including phenoxy) is 1. The smallest absolute Gasteiger partial charge is 0.251 e. The molecule has 5 nitrogen and oxygen atoms in total. The van der Waals surface area contributed by atoms with Gasteiger partial charge in [0.15, 0.2) is 0 Å². The lowest BCUT2D eigenvalue weighted by atomic mass is 9.99. The van der Waals surface area contributed by atoms with Gasteiger partial charge in [0.2, 0.25) is 0 Å². The van der Waals surface area contributed by atoms with E-state index in [1.807, 2.05) is 79.0 Å². The minimum Gasteiger partial charge on any atom is -0.497 e. The van der Waals surface area contributed by atoms with Crippen molar-refractivity contribution in [1.82, 2.24) is 10.6 Å². The molecule has 2 atom stereocenters. The number of amides is 1. The molecule has 0 spiro atoms. The first-order valence-electron chi connectivity index (χ1n) is 12.0. The van der Waals surface area contributed by atoms with E-state index in [1.165, 1.54) is 0 Å². The van der Waals surface area contributed by atoms with Gasteiger partial charge in [0.25, 0.3) is 5.91 Å². The monoisotopic (exact) mass is 500 g/mol. The van der Waals surface area contributed by atoms with Gasteiger partial charge in [-0.2, -0.15) is 11.3 Å². The van der Waals surface area contributed by atoms with Crippen molar-refractivity contribution in [2.24, 2.45) is 0 Å². The van der Waals surface area contributed by atoms with E-state index in [0.717, 1.165) is 33.6 Å². The minimum atomic E-state index is -0.777. The van der Waals surface area contributed by atoms with E-state index in [0.29, 0.717) is 25.1 Å². The van der Waals surface area contributed by atoms with Gasteiger partial charge in [-0.1, -0.05) is 48.5 Å². The molecular formula is C30H32N2O3S. The van der Waals surface area contributed by atoms with Crippen molar-refractivity contribution in [3.8, 4) is 16.9 Å². The third-order valence-electron chi connectivity index (χ3n) is 6.09. The van der Waals surface area contributed by atoms with Crippen LogP contribution in [0.2, 0.25) is 0 Å². The molecule has 4 rings (SSSR count). The Morgan fingerprint density at radius 1 is 0.972 bits per heavy atom. The van der Waals surface area contributed by atoms with Gasteiger partial charge in [-0.3, -0.25) is 4.79 Å². The summed E-state index contributed by atoms with van der Waals surface area (Å²) in [4.78, 5) is 13.3. The first kappa shape index (κ1) is 25.6. The molecule has 36 heavy (non-hydrogen) atoms. The van der Waals surface area contributed by atoms with Crippen molar-refractivity contribution < 1.29 is 14.6 Å². The maximum absolute atomic E-state index is 13.3. The highest BCUT2D eigenvalue weighted by Crippen LogP contribution is 2.25. The van der Waals surface area contributed by atoms with E-state index in [1.54, 1.807) is 18.4 Å². The van der Waals surface area contributed by atoms with E-state index in [9.17, 15) is 9.90 Å². The zero-order valence-electron chi connectivity index (χ0n) is 20.6. The molecule has 3 aromatic carbocycles. The SMILES string of the molecule is COc1cccc(CNC[C@H](O)[C@H](Cc2ccccc2)NC(=O)c2cc(C)cc(-c3ccsc3)c2)c1. The Labute approximate surface area is 216 Å². The summed E-state index contributed by atoms with van der Waals surface area (Å²) in [5.74, 6) is 0.604. The Hall–Kier alpha value is -3.45. The van der Waals surface area contributed by atoms with Crippen LogP contribution in [-0.2, 0) is 13.0 Å². The maximum Gasteiger partial charge on any atom is 0.251 e. The van der Waals surface area contributed by atoms with Gasteiger partial charge in [0, 0.05) is 18.7 Å². The predicted octanol–water partition coefficient (Wildman–Crippen LogP) is 5.22. The van der Waals surface area contributed by atoms with Crippen molar-refractivity contribution in [3.05, 3.63) is 112 Å². The minimum absolute atomic E-state index is 0.192. The highest BCUT2D eigenvalue weighted by atomic mass is 32.1. The molecule has 1 aromatic heterocycles. The molecule has 3 N–H and O–H groups in total. The molecule has 1 heterocycles. The van der Waals surface area contributed by atoms with Crippen LogP contribution in [0, 0.1) is 6.92 Å². The quantitative estimate of drug-likeness (QED) is 0.264. The zero-order valence-corrected chi connectivity index (χ0v) is 21.4. The Morgan fingerprint density at radius 3 is 2.53 bits per heavy atom. The summed E-state index contributed by atoms with van der Waals surface area (Å²) in [6.07, 6.45) is -0.251. The van der Waals surface area contributed by atoms with Gasteiger partial charge in [0.1, 0.15) is 5.75 Å². The molecule has 0 aliphatic heterocycles. The number of nitrogens with one attached hydrogen (secondary N) is 2. The van der Waals surface area contributed by atoms with Crippen LogP contribution in [0.4, 0.5) is 0 Å². The fourth-order valence-corrected chi connectivity index (χ4v) is 4.87. The molecule has 0 saturated heterocycles. The van der Waals surface area contributed by atoms with Gasteiger partial charge in [-0.15, -0.1) is 0 Å². The maximum atomic E-state index is 13.3. The number of hydrogen-bond donors (Lipinski definition) is 3. The van der Waals surface area contributed by atoms with E-state index in [2.05, 4.69) is 28.1 Å². The Morgan fingerprint density at radius 2 is 1.78 bits per heavy atom. The molecule has 1 amide bonds. The summed E-state index contributed by atoms with van der Waals surface area (Å²) in [6.45, 7) is 2.91. The van der Waals surface area contributed by atoms with Crippen molar-refractivity contribution in [2.75, 3.05) is 13.7 Å². The first-order valence-corrected chi connectivity index (χ1v) is 13.0. The first-order chi connectivity index (χ1) is 17.5. The molecule has 0 unspecified atom stereocenters. The van der Waals surface area contributed by atoms with Crippen LogP contribution in [0.15, 0.2) is 89.6 Å². The van der Waals surface area contributed by atoms with Gasteiger partial charge >= 0.3 is 0 Å². The standard InChI is InChI=1S/C30H32N2O3S/c1-21-13-25(24-11-12-36-20-24)17-26(14-21)30(34)32-28(16-22-7-4-3-5-8-22)29(33)19-31-18-23-9-6-10-27(15-23)35-2/h3-15,17,20,28-29,31,33H,16,18-19H2,1-2H3,(H,32,34)/t28-,29-/m0/s1. The number of carbonyl (C=O) groups is 1. The molecule has 0 radical (unpaired) electrons. The van der Waals surface area contributed by atoms with Crippen LogP contribution in [-0.4, -0.2) is 36.8 Å². The highest BCUT2D eigenvalue weighted by Gasteiger charge is 2.23. The zero-order chi connectivity index (χ0) is 25.3. The number of aliphatic hydroxyl groups is 1. The third-order valence-corrected chi connectivity index (χ3v) is 6.77. The lowest BCUT2D eigenvalue weighted by molar-refractivity contribution is 0.0830. The second-order valence-electron chi connectivity index (χ2n) is 8.92. The van der Waals surface area contributed by atoms with Crippen molar-refractivity contribution in [2.45, 2.75) is 32.0 Å². The molecule has 4 aromatic rings. The Kier molecular flexibility index (Phi) is 8.90. The highest BCUT2D eigenvalue weighted by molar-refractivity contribution is 7.08. The molecule has 0 aliphatic carbocycles. The lowest BCUT2D eigenvalue weighted by Crippen LogP contribution is -2.48. The van der Waals surface area contributed by atoms with Gasteiger partial charge < -0.3 is 20.5 Å². The van der Waals surface area contributed by atoms with Crippen LogP contribution >= 0.6 is 11.3 Å². The van der Waals surface area contributed by atoms with Crippen LogP contribution in [0.1, 0.15) is 27.0 Å². The number of aryl methyl sites for hydroxylation is 1. The summed E-state index contributed by atoms with van der Waals surface area (Å²) in [5, 5.41) is 21.6. The lowest BCUT2D eigenvalue weighted by Gasteiger charge is -2.25. The number of benzene rings is 3. The van der Waals surface area contributed by atoms with Crippen molar-refractivity contribution in [1.29, 1.82) is 0 Å². The molecule has 0 saturated carbocycles. The van der Waals surface area contributed by atoms with Crippen LogP contribution in [0.3, 0.4) is 0 Å². The third kappa shape index (κ3) is 7.04. The van der Waals surface area contributed by atoms with Gasteiger partial charge in [-0.05, 0) is 82.3 Å². The second-order valence-corrected chi connectivity index (χ2v) is 9.70. The number of thiophene rings is 1. The Balaban J connectivity index is 1.46. The summed E-state index contributed by atoms with van der Waals surface area (Å²) < 4.78 is 5.29. The van der Waals surface area contributed by atoms with Crippen LogP contribution in [0.25, 0.3) is 11.1 Å². The summed E-state index contributed by atoms with van der Waals surface area (Å²) in [5.41, 5.74) is 5.83. The summed E-state index contributed by atoms with van der Waals surface area (Å²) >= 11 is 1.63. The van der Waals surface area contributed by atoms with E-state index in [4.69, 9.17) is 4.74 Å². The average molecular weight is 501 g/mol. The number of aliphatic hydroxyl groups excluding tert-OH is 1. The number of hydrogen-bond acceptors (Lipinski definition) is 5. The molecule has 186 valence electrons. The molecule has 0 fully saturated rings. The van der Waals surface area contributed by atoms with Gasteiger partial charge in [-0.25, -0.2) is 0 Å². The fourth-order valence-electron chi connectivity index (χ4n) is 4.20.